The van der Waals surface area contributed by atoms with Crippen LogP contribution in [0.1, 0.15) is 15.9 Å². The molecule has 0 fully saturated rings. The Hall–Kier alpha value is -3.61. The lowest BCUT2D eigenvalue weighted by atomic mass is 10.2. The molecule has 2 N–H and O–H groups in total. The molecular weight excluding hydrogens is 349 g/mol. The molecule has 3 aromatic rings. The van der Waals surface area contributed by atoms with Gasteiger partial charge in [0, 0.05) is 6.54 Å². The first kappa shape index (κ1) is 16.8. The Morgan fingerprint density at radius 1 is 1.07 bits per heavy atom. The number of anilines is 2. The van der Waals surface area contributed by atoms with Crippen LogP contribution in [-0.2, 0) is 6.54 Å². The molecule has 1 aliphatic rings. The van der Waals surface area contributed by atoms with Gasteiger partial charge in [0.1, 0.15) is 11.6 Å². The molecular formula is C20H16FN3O3. The van der Waals surface area contributed by atoms with E-state index in [1.54, 1.807) is 18.2 Å². The first-order valence-corrected chi connectivity index (χ1v) is 8.33. The minimum atomic E-state index is -0.565. The third-order valence-corrected chi connectivity index (χ3v) is 4.05. The highest BCUT2D eigenvalue weighted by Crippen LogP contribution is 2.32. The molecule has 0 spiro atoms. The number of rotatable bonds is 5. The van der Waals surface area contributed by atoms with Crippen LogP contribution in [0.5, 0.6) is 11.5 Å². The smallest absolute Gasteiger partial charge is 0.258 e. The number of pyridine rings is 1. The zero-order chi connectivity index (χ0) is 18.6. The first-order chi connectivity index (χ1) is 13.2. The number of hydrogen-bond acceptors (Lipinski definition) is 5. The van der Waals surface area contributed by atoms with E-state index in [1.165, 1.54) is 24.4 Å². The quantitative estimate of drug-likeness (QED) is 0.719. The second kappa shape index (κ2) is 7.33. The molecule has 4 rings (SSSR count). The van der Waals surface area contributed by atoms with Crippen molar-refractivity contribution >= 4 is 17.4 Å². The predicted octanol–water partition coefficient (Wildman–Crippen LogP) is 3.81. The van der Waals surface area contributed by atoms with E-state index in [2.05, 4.69) is 15.6 Å². The lowest BCUT2D eigenvalue weighted by molar-refractivity contribution is 0.102. The molecule has 2 aromatic carbocycles. The summed E-state index contributed by atoms with van der Waals surface area (Å²) in [5.41, 5.74) is 1.50. The maximum atomic E-state index is 13.6. The Balaban J connectivity index is 1.36. The SMILES string of the molecule is O=C(Nc1ccc(NCc2ccc3c(c2)OCO3)nc1)c1ccccc1F. The van der Waals surface area contributed by atoms with Gasteiger partial charge in [0.05, 0.1) is 17.4 Å². The molecule has 1 aliphatic heterocycles. The van der Waals surface area contributed by atoms with Crippen molar-refractivity contribution in [2.75, 3.05) is 17.4 Å². The predicted molar refractivity (Wildman–Crippen MR) is 98.5 cm³/mol. The van der Waals surface area contributed by atoms with E-state index >= 15 is 0 Å². The summed E-state index contributed by atoms with van der Waals surface area (Å²) >= 11 is 0. The summed E-state index contributed by atoms with van der Waals surface area (Å²) in [7, 11) is 0. The van der Waals surface area contributed by atoms with Crippen LogP contribution >= 0.6 is 0 Å². The average molecular weight is 365 g/mol. The number of benzene rings is 2. The maximum absolute atomic E-state index is 13.6. The zero-order valence-corrected chi connectivity index (χ0v) is 14.2. The molecule has 0 atom stereocenters. The number of aromatic nitrogens is 1. The molecule has 0 bridgehead atoms. The number of carbonyl (C=O) groups is 1. The molecule has 0 radical (unpaired) electrons. The molecule has 0 saturated carbocycles. The number of fused-ring (bicyclic) bond motifs is 1. The molecule has 0 unspecified atom stereocenters. The van der Waals surface area contributed by atoms with Gasteiger partial charge in [0.25, 0.3) is 5.91 Å². The number of halogens is 1. The number of nitrogens with one attached hydrogen (secondary N) is 2. The van der Waals surface area contributed by atoms with Gasteiger partial charge in [-0.25, -0.2) is 9.37 Å². The Bertz CT molecular complexity index is 976. The lowest BCUT2D eigenvalue weighted by Crippen LogP contribution is -2.13. The highest BCUT2D eigenvalue weighted by molar-refractivity contribution is 6.04. The van der Waals surface area contributed by atoms with Gasteiger partial charge in [-0.3, -0.25) is 4.79 Å². The number of ether oxygens (including phenoxy) is 2. The van der Waals surface area contributed by atoms with E-state index in [1.807, 2.05) is 18.2 Å². The van der Waals surface area contributed by atoms with Crippen LogP contribution in [0, 0.1) is 5.82 Å². The third kappa shape index (κ3) is 3.82. The Morgan fingerprint density at radius 2 is 1.93 bits per heavy atom. The van der Waals surface area contributed by atoms with Crippen LogP contribution in [-0.4, -0.2) is 17.7 Å². The number of amides is 1. The molecule has 27 heavy (non-hydrogen) atoms. The highest BCUT2D eigenvalue weighted by Gasteiger charge is 2.13. The minimum absolute atomic E-state index is 0.0116. The van der Waals surface area contributed by atoms with E-state index in [0.29, 0.717) is 18.1 Å². The van der Waals surface area contributed by atoms with E-state index in [0.717, 1.165) is 17.1 Å². The van der Waals surface area contributed by atoms with Gasteiger partial charge in [-0.15, -0.1) is 0 Å². The number of hydrogen-bond donors (Lipinski definition) is 2. The molecule has 0 saturated heterocycles. The van der Waals surface area contributed by atoms with Crippen LogP contribution in [0.25, 0.3) is 0 Å². The van der Waals surface area contributed by atoms with Crippen molar-refractivity contribution in [3.63, 3.8) is 0 Å². The van der Waals surface area contributed by atoms with Gasteiger partial charge in [0.2, 0.25) is 6.79 Å². The minimum Gasteiger partial charge on any atom is -0.454 e. The van der Waals surface area contributed by atoms with E-state index < -0.39 is 11.7 Å². The highest BCUT2D eigenvalue weighted by atomic mass is 19.1. The van der Waals surface area contributed by atoms with Crippen molar-refractivity contribution < 1.29 is 18.7 Å². The second-order valence-corrected chi connectivity index (χ2v) is 5.91. The standard InChI is InChI=1S/C20H16FN3O3/c21-16-4-2-1-3-15(16)20(25)24-14-6-8-19(23-11-14)22-10-13-5-7-17-18(9-13)27-12-26-17/h1-9,11H,10,12H2,(H,22,23)(H,24,25). The summed E-state index contributed by atoms with van der Waals surface area (Å²) < 4.78 is 24.3. The summed E-state index contributed by atoms with van der Waals surface area (Å²) in [6, 6.07) is 15.0. The van der Waals surface area contributed by atoms with E-state index in [4.69, 9.17) is 9.47 Å². The van der Waals surface area contributed by atoms with Crippen molar-refractivity contribution in [1.29, 1.82) is 0 Å². The van der Waals surface area contributed by atoms with Gasteiger partial charge in [-0.05, 0) is 42.0 Å². The normalized spacial score (nSPS) is 11.9. The van der Waals surface area contributed by atoms with Crippen LogP contribution in [0.4, 0.5) is 15.9 Å². The van der Waals surface area contributed by atoms with Gasteiger partial charge in [-0.1, -0.05) is 18.2 Å². The van der Waals surface area contributed by atoms with Crippen molar-refractivity contribution in [2.24, 2.45) is 0 Å². The fourth-order valence-electron chi connectivity index (χ4n) is 2.66. The molecule has 136 valence electrons. The first-order valence-electron chi connectivity index (χ1n) is 8.33. The maximum Gasteiger partial charge on any atom is 0.258 e. The van der Waals surface area contributed by atoms with Crippen LogP contribution in [0.3, 0.4) is 0 Å². The summed E-state index contributed by atoms with van der Waals surface area (Å²) in [5, 5.41) is 5.82. The molecule has 1 aromatic heterocycles. The van der Waals surface area contributed by atoms with Gasteiger partial charge < -0.3 is 20.1 Å². The van der Waals surface area contributed by atoms with Crippen LogP contribution in [0.2, 0.25) is 0 Å². The van der Waals surface area contributed by atoms with Gasteiger partial charge in [-0.2, -0.15) is 0 Å². The third-order valence-electron chi connectivity index (χ3n) is 4.05. The van der Waals surface area contributed by atoms with Gasteiger partial charge in [0.15, 0.2) is 11.5 Å². The van der Waals surface area contributed by atoms with Crippen molar-refractivity contribution in [2.45, 2.75) is 6.54 Å². The largest absolute Gasteiger partial charge is 0.454 e. The monoisotopic (exact) mass is 365 g/mol. The van der Waals surface area contributed by atoms with Crippen LogP contribution < -0.4 is 20.1 Å². The second-order valence-electron chi connectivity index (χ2n) is 5.91. The summed E-state index contributed by atoms with van der Waals surface area (Å²) in [5.74, 6) is 1.04. The van der Waals surface area contributed by atoms with Gasteiger partial charge >= 0.3 is 0 Å². The number of carbonyl (C=O) groups excluding carboxylic acids is 1. The van der Waals surface area contributed by atoms with E-state index in [-0.39, 0.29) is 12.4 Å². The fourth-order valence-corrected chi connectivity index (χ4v) is 2.66. The van der Waals surface area contributed by atoms with Crippen molar-refractivity contribution in [3.8, 4) is 11.5 Å². The van der Waals surface area contributed by atoms with Crippen molar-refractivity contribution in [3.05, 3.63) is 77.7 Å². The molecule has 7 heteroatoms. The molecule has 6 nitrogen and oxygen atoms in total. The molecule has 1 amide bonds. The molecule has 0 aliphatic carbocycles. The Morgan fingerprint density at radius 3 is 2.74 bits per heavy atom. The fraction of sp³-hybridized carbons (Fsp3) is 0.100. The van der Waals surface area contributed by atoms with Crippen LogP contribution in [0.15, 0.2) is 60.8 Å². The summed E-state index contributed by atoms with van der Waals surface area (Å²) in [6.07, 6.45) is 1.51. The number of nitrogens with zero attached hydrogens (tertiary/aromatic N) is 1. The Kier molecular flexibility index (Phi) is 4.57. The van der Waals surface area contributed by atoms with E-state index in [9.17, 15) is 9.18 Å². The Labute approximate surface area is 155 Å². The topological polar surface area (TPSA) is 72.5 Å². The zero-order valence-electron chi connectivity index (χ0n) is 14.2. The van der Waals surface area contributed by atoms with Crippen molar-refractivity contribution in [1.82, 2.24) is 4.98 Å². The lowest BCUT2D eigenvalue weighted by Gasteiger charge is -2.09. The summed E-state index contributed by atoms with van der Waals surface area (Å²) in [4.78, 5) is 16.4. The summed E-state index contributed by atoms with van der Waals surface area (Å²) in [6.45, 7) is 0.804. The average Bonchev–Trinajstić information content (AvgIpc) is 3.15. The molecule has 2 heterocycles.